The molecule has 0 unspecified atom stereocenters. The van der Waals surface area contributed by atoms with E-state index < -0.39 is 0 Å². The summed E-state index contributed by atoms with van der Waals surface area (Å²) in [5, 5.41) is 18.1. The molecule has 46 heavy (non-hydrogen) atoms. The van der Waals surface area contributed by atoms with Crippen LogP contribution in [-0.4, -0.2) is 0 Å². The molecule has 0 heterocycles. The second-order valence-electron chi connectivity index (χ2n) is 12.5. The molecule has 0 N–H and O–H groups in total. The predicted molar refractivity (Wildman–Crippen MR) is 200 cm³/mol. The summed E-state index contributed by atoms with van der Waals surface area (Å²) in [7, 11) is 0. The third-order valence-electron chi connectivity index (χ3n) is 9.99. The second kappa shape index (κ2) is 9.76. The van der Waals surface area contributed by atoms with E-state index in [2.05, 4.69) is 170 Å². The molecule has 0 aliphatic carbocycles. The average Bonchev–Trinajstić information content (AvgIpc) is 3.13. The van der Waals surface area contributed by atoms with E-state index in [1.807, 2.05) is 0 Å². The van der Waals surface area contributed by atoms with Crippen molar-refractivity contribution in [2.24, 2.45) is 0 Å². The fourth-order valence-corrected chi connectivity index (χ4v) is 7.62. The van der Waals surface area contributed by atoms with E-state index in [-0.39, 0.29) is 0 Å². The van der Waals surface area contributed by atoms with Crippen LogP contribution in [0.2, 0.25) is 0 Å². The van der Waals surface area contributed by atoms with Crippen LogP contribution in [0.3, 0.4) is 0 Å². The summed E-state index contributed by atoms with van der Waals surface area (Å²) < 4.78 is 0. The van der Waals surface area contributed by atoms with Crippen LogP contribution in [0.15, 0.2) is 170 Å². The molecule has 0 heteroatoms. The number of rotatable bonds is 2. The van der Waals surface area contributed by atoms with Crippen molar-refractivity contribution < 1.29 is 0 Å². The van der Waals surface area contributed by atoms with Crippen LogP contribution in [0.4, 0.5) is 0 Å². The Morgan fingerprint density at radius 2 is 0.478 bits per heavy atom. The van der Waals surface area contributed by atoms with Crippen molar-refractivity contribution in [2.75, 3.05) is 0 Å². The minimum absolute atomic E-state index is 1.24. The first-order valence-corrected chi connectivity index (χ1v) is 16.0. The summed E-state index contributed by atoms with van der Waals surface area (Å²) in [4.78, 5) is 0. The van der Waals surface area contributed by atoms with E-state index >= 15 is 0 Å². The number of benzene rings is 10. The van der Waals surface area contributed by atoms with Crippen LogP contribution in [0.5, 0.6) is 0 Å². The summed E-state index contributed by atoms with van der Waals surface area (Å²) >= 11 is 0. The third-order valence-corrected chi connectivity index (χ3v) is 9.99. The Hall–Kier alpha value is -5.98. The molecule has 10 aromatic carbocycles. The Bertz CT molecular complexity index is 2850. The first-order valence-electron chi connectivity index (χ1n) is 16.0. The lowest BCUT2D eigenvalue weighted by Gasteiger charge is -2.12. The van der Waals surface area contributed by atoms with Crippen LogP contribution < -0.4 is 0 Å². The van der Waals surface area contributed by atoms with E-state index in [0.717, 1.165) is 0 Å². The van der Waals surface area contributed by atoms with Crippen molar-refractivity contribution in [1.29, 1.82) is 0 Å². The smallest absolute Gasteiger partial charge is 0.00987 e. The maximum absolute atomic E-state index is 2.37. The van der Waals surface area contributed by atoms with Crippen molar-refractivity contribution >= 4 is 75.4 Å². The summed E-state index contributed by atoms with van der Waals surface area (Å²) in [6.07, 6.45) is 0. The Morgan fingerprint density at radius 3 is 1.02 bits per heavy atom. The summed E-state index contributed by atoms with van der Waals surface area (Å²) in [6, 6.07) is 63.0. The van der Waals surface area contributed by atoms with Gasteiger partial charge in [0.15, 0.2) is 0 Å². The quantitative estimate of drug-likeness (QED) is 0.178. The lowest BCUT2D eigenvalue weighted by Crippen LogP contribution is -1.85. The van der Waals surface area contributed by atoms with Crippen molar-refractivity contribution in [1.82, 2.24) is 0 Å². The highest BCUT2D eigenvalue weighted by molar-refractivity contribution is 6.18. The minimum Gasteiger partial charge on any atom is -0.0616 e. The molecule has 0 amide bonds. The average molecular weight is 581 g/mol. The van der Waals surface area contributed by atoms with Crippen LogP contribution in [-0.2, 0) is 0 Å². The van der Waals surface area contributed by atoms with E-state index in [4.69, 9.17) is 0 Å². The Balaban J connectivity index is 1.05. The van der Waals surface area contributed by atoms with Crippen molar-refractivity contribution in [3.8, 4) is 22.3 Å². The van der Waals surface area contributed by atoms with Gasteiger partial charge < -0.3 is 0 Å². The van der Waals surface area contributed by atoms with Gasteiger partial charge >= 0.3 is 0 Å². The molecule has 0 atom stereocenters. The van der Waals surface area contributed by atoms with Crippen LogP contribution in [0.25, 0.3) is 97.7 Å². The lowest BCUT2D eigenvalue weighted by molar-refractivity contribution is 1.68. The van der Waals surface area contributed by atoms with Crippen LogP contribution in [0.1, 0.15) is 0 Å². The first kappa shape index (κ1) is 25.4. The van der Waals surface area contributed by atoms with Crippen molar-refractivity contribution in [3.63, 3.8) is 0 Å². The monoisotopic (exact) mass is 580 g/mol. The zero-order chi connectivity index (χ0) is 30.2. The molecule has 0 saturated heterocycles. The largest absolute Gasteiger partial charge is 0.0616 e. The summed E-state index contributed by atoms with van der Waals surface area (Å²) in [6.45, 7) is 0. The van der Waals surface area contributed by atoms with Gasteiger partial charge in [-0.3, -0.25) is 0 Å². The van der Waals surface area contributed by atoms with Crippen molar-refractivity contribution in [2.45, 2.75) is 0 Å². The molecule has 0 bridgehead atoms. The van der Waals surface area contributed by atoms with Gasteiger partial charge in [0.25, 0.3) is 0 Å². The highest BCUT2D eigenvalue weighted by Crippen LogP contribution is 2.37. The van der Waals surface area contributed by atoms with Crippen LogP contribution in [0, 0.1) is 0 Å². The first-order chi connectivity index (χ1) is 22.8. The molecule has 0 nitrogen and oxygen atoms in total. The highest BCUT2D eigenvalue weighted by atomic mass is 14.1. The maximum atomic E-state index is 2.37. The topological polar surface area (TPSA) is 0 Å². The van der Waals surface area contributed by atoms with Gasteiger partial charge in [0, 0.05) is 0 Å². The molecular weight excluding hydrogens is 553 g/mol. The molecule has 10 rings (SSSR count). The number of fused-ring (bicyclic) bond motifs is 11. The van der Waals surface area contributed by atoms with Crippen LogP contribution >= 0.6 is 0 Å². The molecule has 0 aliphatic heterocycles. The lowest BCUT2D eigenvalue weighted by atomic mass is 9.92. The Morgan fingerprint density at radius 1 is 0.174 bits per heavy atom. The van der Waals surface area contributed by atoms with Gasteiger partial charge in [0.1, 0.15) is 0 Å². The maximum Gasteiger partial charge on any atom is -0.00987 e. The molecule has 0 fully saturated rings. The van der Waals surface area contributed by atoms with Gasteiger partial charge in [-0.2, -0.15) is 0 Å². The molecule has 0 saturated carbocycles. The SMILES string of the molecule is c1ccc2c(c1)ccc1cc(-c3ccc4c(ccc5cc(-c6ccc7ccc8c9ccccc9ccc8c7c6)ccc54)c3)ccc12. The summed E-state index contributed by atoms with van der Waals surface area (Å²) in [5.41, 5.74) is 4.98. The van der Waals surface area contributed by atoms with E-state index in [0.29, 0.717) is 0 Å². The zero-order valence-electron chi connectivity index (χ0n) is 25.2. The highest BCUT2D eigenvalue weighted by Gasteiger charge is 2.10. The van der Waals surface area contributed by atoms with E-state index in [1.165, 1.54) is 97.7 Å². The molecular formula is C46H28. The van der Waals surface area contributed by atoms with E-state index in [9.17, 15) is 0 Å². The zero-order valence-corrected chi connectivity index (χ0v) is 25.2. The van der Waals surface area contributed by atoms with E-state index in [1.54, 1.807) is 0 Å². The van der Waals surface area contributed by atoms with Gasteiger partial charge in [0.2, 0.25) is 0 Å². The minimum atomic E-state index is 1.24. The standard InChI is InChI=1S/C46H28/c1-3-7-39-29(5-1)10-12-36-25-32(17-20-41(36)39)33-18-21-42-37(26-33)13-14-38-27-34(19-22-43(38)42)35-11-9-31-16-23-44-40-8-4-2-6-30(40)15-24-45(44)46(31)28-35/h1-28H. The van der Waals surface area contributed by atoms with Gasteiger partial charge in [-0.15, -0.1) is 0 Å². The van der Waals surface area contributed by atoms with Gasteiger partial charge in [-0.25, -0.2) is 0 Å². The molecule has 0 aliphatic rings. The fraction of sp³-hybridized carbons (Fsp3) is 0. The van der Waals surface area contributed by atoms with Crippen molar-refractivity contribution in [3.05, 3.63) is 170 Å². The Labute approximate surface area is 266 Å². The number of hydrogen-bond acceptors (Lipinski definition) is 0. The normalized spacial score (nSPS) is 11.9. The molecule has 0 spiro atoms. The van der Waals surface area contributed by atoms with Gasteiger partial charge in [-0.1, -0.05) is 146 Å². The Kier molecular flexibility index (Phi) is 5.38. The molecule has 10 aromatic rings. The van der Waals surface area contributed by atoms with Gasteiger partial charge in [0.05, 0.1) is 0 Å². The predicted octanol–water partition coefficient (Wildman–Crippen LogP) is 13.1. The molecule has 0 aromatic heterocycles. The number of hydrogen-bond donors (Lipinski definition) is 0. The molecule has 212 valence electrons. The molecule has 0 radical (unpaired) electrons. The second-order valence-corrected chi connectivity index (χ2v) is 12.5. The third kappa shape index (κ3) is 3.87. The fourth-order valence-electron chi connectivity index (χ4n) is 7.62. The van der Waals surface area contributed by atoms with Gasteiger partial charge in [-0.05, 0) is 122 Å². The summed E-state index contributed by atoms with van der Waals surface area (Å²) in [5.74, 6) is 0.